The molecule has 0 aromatic heterocycles. The molecule has 106 valence electrons. The van der Waals surface area contributed by atoms with E-state index in [2.05, 4.69) is 6.58 Å². The third-order valence-corrected chi connectivity index (χ3v) is 3.78. The van der Waals surface area contributed by atoms with Crippen molar-refractivity contribution in [2.75, 3.05) is 14.2 Å². The van der Waals surface area contributed by atoms with Gasteiger partial charge in [0.1, 0.15) is 0 Å². The van der Waals surface area contributed by atoms with E-state index in [9.17, 15) is 4.79 Å². The summed E-state index contributed by atoms with van der Waals surface area (Å²) in [6.45, 7) is 3.77. The summed E-state index contributed by atoms with van der Waals surface area (Å²) in [6.07, 6.45) is 2.40. The fourth-order valence-corrected chi connectivity index (χ4v) is 2.91. The number of allylic oxidation sites excluding steroid dienone is 1. The summed E-state index contributed by atoms with van der Waals surface area (Å²) in [5, 5.41) is 0. The van der Waals surface area contributed by atoms with Crippen molar-refractivity contribution >= 4 is 5.78 Å². The van der Waals surface area contributed by atoms with Gasteiger partial charge >= 0.3 is 0 Å². The number of rotatable bonds is 4. The summed E-state index contributed by atoms with van der Waals surface area (Å²) < 4.78 is 10.9. The zero-order valence-electron chi connectivity index (χ0n) is 12.1. The molecule has 0 aliphatic heterocycles. The maximum Gasteiger partial charge on any atom is 0.194 e. The van der Waals surface area contributed by atoms with Gasteiger partial charge in [0.2, 0.25) is 0 Å². The quantitative estimate of drug-likeness (QED) is 0.684. The van der Waals surface area contributed by atoms with Crippen LogP contribution in [0.25, 0.3) is 11.1 Å². The number of benzene rings is 2. The van der Waals surface area contributed by atoms with E-state index in [0.717, 1.165) is 16.7 Å². The molecule has 1 aliphatic carbocycles. The topological polar surface area (TPSA) is 35.5 Å². The van der Waals surface area contributed by atoms with Gasteiger partial charge in [-0.2, -0.15) is 0 Å². The summed E-state index contributed by atoms with van der Waals surface area (Å²) in [7, 11) is 3.20. The molecule has 21 heavy (non-hydrogen) atoms. The molecular formula is C18H16O3. The number of ether oxygens (including phenoxy) is 2. The lowest BCUT2D eigenvalue weighted by molar-refractivity contribution is 0.104. The molecule has 1 aliphatic rings. The molecule has 0 amide bonds. The van der Waals surface area contributed by atoms with Crippen molar-refractivity contribution in [2.24, 2.45) is 0 Å². The van der Waals surface area contributed by atoms with Crippen molar-refractivity contribution in [3.05, 3.63) is 59.7 Å². The van der Waals surface area contributed by atoms with Crippen LogP contribution in [0.4, 0.5) is 0 Å². The minimum atomic E-state index is 0.0402. The van der Waals surface area contributed by atoms with Gasteiger partial charge in [0.05, 0.1) is 14.2 Å². The van der Waals surface area contributed by atoms with E-state index in [1.165, 1.54) is 0 Å². The van der Waals surface area contributed by atoms with Crippen molar-refractivity contribution in [3.63, 3.8) is 0 Å². The van der Waals surface area contributed by atoms with Crippen LogP contribution in [0.2, 0.25) is 0 Å². The van der Waals surface area contributed by atoms with Crippen LogP contribution in [-0.2, 0) is 6.42 Å². The monoisotopic (exact) mass is 280 g/mol. The first-order valence-electron chi connectivity index (χ1n) is 6.75. The van der Waals surface area contributed by atoms with Crippen molar-refractivity contribution in [2.45, 2.75) is 6.42 Å². The van der Waals surface area contributed by atoms with Gasteiger partial charge in [-0.15, -0.1) is 6.58 Å². The summed E-state index contributed by atoms with van der Waals surface area (Å²) >= 11 is 0. The van der Waals surface area contributed by atoms with Crippen LogP contribution in [0.15, 0.2) is 43.0 Å². The Kier molecular flexibility index (Phi) is 3.26. The van der Waals surface area contributed by atoms with Gasteiger partial charge < -0.3 is 9.47 Å². The molecule has 0 saturated carbocycles. The Morgan fingerprint density at radius 3 is 2.43 bits per heavy atom. The molecule has 0 radical (unpaired) electrons. The zero-order valence-corrected chi connectivity index (χ0v) is 12.1. The second-order valence-corrected chi connectivity index (χ2v) is 4.89. The average Bonchev–Trinajstić information content (AvgIpc) is 2.81. The molecular weight excluding hydrogens is 264 g/mol. The van der Waals surface area contributed by atoms with Gasteiger partial charge in [-0.25, -0.2) is 0 Å². The molecule has 0 spiro atoms. The second-order valence-electron chi connectivity index (χ2n) is 4.89. The predicted molar refractivity (Wildman–Crippen MR) is 82.3 cm³/mol. The Hall–Kier alpha value is -2.55. The Bertz CT molecular complexity index is 744. The van der Waals surface area contributed by atoms with Crippen LogP contribution in [0, 0.1) is 0 Å². The molecule has 3 rings (SSSR count). The largest absolute Gasteiger partial charge is 0.493 e. The van der Waals surface area contributed by atoms with Crippen LogP contribution >= 0.6 is 0 Å². The van der Waals surface area contributed by atoms with Crippen LogP contribution in [0.1, 0.15) is 21.5 Å². The molecule has 2 aromatic rings. The maximum atomic E-state index is 12.7. The minimum absolute atomic E-state index is 0.0402. The second kappa shape index (κ2) is 5.09. The van der Waals surface area contributed by atoms with Gasteiger partial charge in [-0.1, -0.05) is 30.3 Å². The van der Waals surface area contributed by atoms with Gasteiger partial charge in [-0.05, 0) is 23.6 Å². The van der Waals surface area contributed by atoms with Gasteiger partial charge in [0.15, 0.2) is 17.3 Å². The third kappa shape index (κ3) is 1.85. The minimum Gasteiger partial charge on any atom is -0.493 e. The summed E-state index contributed by atoms with van der Waals surface area (Å²) in [5.41, 5.74) is 4.06. The van der Waals surface area contributed by atoms with E-state index >= 15 is 0 Å². The zero-order chi connectivity index (χ0) is 15.0. The van der Waals surface area contributed by atoms with E-state index in [1.54, 1.807) is 20.3 Å². The fourth-order valence-electron chi connectivity index (χ4n) is 2.91. The number of fused-ring (bicyclic) bond motifs is 3. The molecule has 3 heteroatoms. The van der Waals surface area contributed by atoms with Gasteiger partial charge in [-0.3, -0.25) is 4.79 Å². The Morgan fingerprint density at radius 2 is 1.81 bits per heavy atom. The first-order valence-corrected chi connectivity index (χ1v) is 6.75. The van der Waals surface area contributed by atoms with E-state index in [0.29, 0.717) is 29.0 Å². The van der Waals surface area contributed by atoms with E-state index in [1.807, 2.05) is 30.3 Å². The Morgan fingerprint density at radius 1 is 1.10 bits per heavy atom. The predicted octanol–water partition coefficient (Wildman–Crippen LogP) is 3.64. The highest BCUT2D eigenvalue weighted by Gasteiger charge is 2.33. The molecule has 0 N–H and O–H groups in total. The van der Waals surface area contributed by atoms with E-state index in [-0.39, 0.29) is 5.78 Å². The molecule has 2 aromatic carbocycles. The number of carbonyl (C=O) groups is 1. The van der Waals surface area contributed by atoms with E-state index < -0.39 is 0 Å². The van der Waals surface area contributed by atoms with Crippen molar-refractivity contribution in [3.8, 4) is 22.6 Å². The Labute approximate surface area is 123 Å². The first-order chi connectivity index (χ1) is 10.2. The smallest absolute Gasteiger partial charge is 0.194 e. The molecule has 0 saturated heterocycles. The fraction of sp³-hybridized carbons (Fsp3) is 0.167. The number of carbonyl (C=O) groups excluding carboxylic acids is 1. The van der Waals surface area contributed by atoms with Crippen molar-refractivity contribution in [1.29, 1.82) is 0 Å². The first kappa shape index (κ1) is 13.4. The van der Waals surface area contributed by atoms with Crippen LogP contribution in [-0.4, -0.2) is 20.0 Å². The standard InChI is InChI=1S/C18H16O3/c1-4-7-11-10-14(20-2)18(21-3)16-12-8-5-6-9-13(12)17(19)15(11)16/h4-6,8-10H,1,7H2,2-3H3. The molecule has 0 bridgehead atoms. The highest BCUT2D eigenvalue weighted by atomic mass is 16.5. The van der Waals surface area contributed by atoms with Crippen LogP contribution < -0.4 is 9.47 Å². The van der Waals surface area contributed by atoms with Crippen LogP contribution in [0.3, 0.4) is 0 Å². The summed E-state index contributed by atoms with van der Waals surface area (Å²) in [4.78, 5) is 12.7. The number of hydrogen-bond donors (Lipinski definition) is 0. The molecule has 0 unspecified atom stereocenters. The lowest BCUT2D eigenvalue weighted by Crippen LogP contribution is -2.03. The number of methoxy groups -OCH3 is 2. The SMILES string of the molecule is C=CCc1cc(OC)c(OC)c2c1C(=O)c1ccccc1-2. The van der Waals surface area contributed by atoms with Crippen molar-refractivity contribution in [1.82, 2.24) is 0 Å². The van der Waals surface area contributed by atoms with Crippen molar-refractivity contribution < 1.29 is 14.3 Å². The lowest BCUT2D eigenvalue weighted by atomic mass is 9.97. The number of hydrogen-bond acceptors (Lipinski definition) is 3. The lowest BCUT2D eigenvalue weighted by Gasteiger charge is -2.15. The molecule has 3 nitrogen and oxygen atoms in total. The maximum absolute atomic E-state index is 12.7. The van der Waals surface area contributed by atoms with E-state index in [4.69, 9.17) is 9.47 Å². The van der Waals surface area contributed by atoms with Gasteiger partial charge in [0, 0.05) is 16.7 Å². The molecule has 0 heterocycles. The molecule has 0 fully saturated rings. The highest BCUT2D eigenvalue weighted by molar-refractivity contribution is 6.23. The third-order valence-electron chi connectivity index (χ3n) is 3.78. The van der Waals surface area contributed by atoms with Crippen LogP contribution in [0.5, 0.6) is 11.5 Å². The highest BCUT2D eigenvalue weighted by Crippen LogP contribution is 2.48. The average molecular weight is 280 g/mol. The summed E-state index contributed by atoms with van der Waals surface area (Å²) in [6, 6.07) is 9.45. The van der Waals surface area contributed by atoms with Gasteiger partial charge in [0.25, 0.3) is 0 Å². The Balaban J connectivity index is 2.40. The number of ketones is 1. The summed E-state index contributed by atoms with van der Waals surface area (Å²) in [5.74, 6) is 1.29. The normalized spacial score (nSPS) is 11.8. The molecule has 0 atom stereocenters.